The Morgan fingerprint density at radius 1 is 1.56 bits per heavy atom. The fraction of sp³-hybridized carbons (Fsp3) is 0.417. The fourth-order valence-corrected chi connectivity index (χ4v) is 2.35. The lowest BCUT2D eigenvalue weighted by Crippen LogP contribution is -2.15. The molecule has 0 unspecified atom stereocenters. The Bertz CT molecular complexity index is 497. The Kier molecular flexibility index (Phi) is 2.29. The molecule has 84 valence electrons. The zero-order chi connectivity index (χ0) is 11.0. The third-order valence-electron chi connectivity index (χ3n) is 3.19. The molecule has 0 bridgehead atoms. The van der Waals surface area contributed by atoms with E-state index in [0.717, 1.165) is 23.6 Å². The van der Waals surface area contributed by atoms with Crippen molar-refractivity contribution < 1.29 is 0 Å². The van der Waals surface area contributed by atoms with Gasteiger partial charge in [0.2, 0.25) is 0 Å². The van der Waals surface area contributed by atoms with Crippen LogP contribution in [0.5, 0.6) is 0 Å². The molecule has 2 aromatic rings. The van der Waals surface area contributed by atoms with Gasteiger partial charge < -0.3 is 15.0 Å². The van der Waals surface area contributed by atoms with Crippen LogP contribution in [0.2, 0.25) is 0 Å². The predicted octanol–water partition coefficient (Wildman–Crippen LogP) is 1.80. The summed E-state index contributed by atoms with van der Waals surface area (Å²) in [6.07, 6.45) is 6.61. The first-order valence-electron chi connectivity index (χ1n) is 5.77. The summed E-state index contributed by atoms with van der Waals surface area (Å²) in [5.74, 6) is 0.955. The predicted molar refractivity (Wildman–Crippen MR) is 64.7 cm³/mol. The summed E-state index contributed by atoms with van der Waals surface area (Å²) >= 11 is 0. The quantitative estimate of drug-likeness (QED) is 0.804. The summed E-state index contributed by atoms with van der Waals surface area (Å²) in [5.41, 5.74) is 2.26. The van der Waals surface area contributed by atoms with Gasteiger partial charge in [-0.2, -0.15) is 0 Å². The van der Waals surface area contributed by atoms with E-state index in [0.29, 0.717) is 6.04 Å². The van der Waals surface area contributed by atoms with Gasteiger partial charge >= 0.3 is 0 Å². The van der Waals surface area contributed by atoms with Crippen LogP contribution in [0.25, 0.3) is 5.52 Å². The molecule has 0 spiro atoms. The molecule has 1 atom stereocenters. The van der Waals surface area contributed by atoms with Crippen molar-refractivity contribution in [2.45, 2.75) is 18.9 Å². The molecule has 3 rings (SSSR count). The van der Waals surface area contributed by atoms with E-state index in [-0.39, 0.29) is 0 Å². The molecule has 1 aliphatic rings. The topological polar surface area (TPSA) is 41.4 Å². The minimum Gasteiger partial charge on any atom is -0.371 e. The van der Waals surface area contributed by atoms with Crippen molar-refractivity contribution >= 4 is 11.3 Å². The van der Waals surface area contributed by atoms with E-state index in [9.17, 15) is 0 Å². The maximum atomic E-state index is 4.68. The van der Waals surface area contributed by atoms with Crippen LogP contribution < -0.4 is 10.6 Å². The lowest BCUT2D eigenvalue weighted by atomic mass is 10.2. The fourth-order valence-electron chi connectivity index (χ4n) is 2.35. The van der Waals surface area contributed by atoms with Crippen LogP contribution in [0.15, 0.2) is 24.5 Å². The average Bonchev–Trinajstić information content (AvgIpc) is 2.97. The van der Waals surface area contributed by atoms with Gasteiger partial charge in [-0.25, -0.2) is 4.98 Å². The van der Waals surface area contributed by atoms with Crippen LogP contribution in [0.3, 0.4) is 0 Å². The average molecular weight is 216 g/mol. The van der Waals surface area contributed by atoms with Crippen LogP contribution >= 0.6 is 0 Å². The van der Waals surface area contributed by atoms with E-state index >= 15 is 0 Å². The minimum atomic E-state index is 0.416. The molecule has 4 heteroatoms. The Hall–Kier alpha value is -1.55. The Morgan fingerprint density at radius 2 is 2.50 bits per heavy atom. The molecule has 2 aromatic heterocycles. The molecule has 0 aromatic carbocycles. The van der Waals surface area contributed by atoms with Gasteiger partial charge in [-0.05, 0) is 31.5 Å². The molecule has 4 nitrogen and oxygen atoms in total. The van der Waals surface area contributed by atoms with Gasteiger partial charge in [0, 0.05) is 19.4 Å². The molecular formula is C12H16N4. The van der Waals surface area contributed by atoms with E-state index < -0.39 is 0 Å². The van der Waals surface area contributed by atoms with Crippen molar-refractivity contribution in [3.63, 3.8) is 0 Å². The Balaban J connectivity index is 2.10. The van der Waals surface area contributed by atoms with Gasteiger partial charge in [0.15, 0.2) is 0 Å². The van der Waals surface area contributed by atoms with E-state index in [2.05, 4.69) is 38.5 Å². The van der Waals surface area contributed by atoms with E-state index in [1.54, 1.807) is 0 Å². The van der Waals surface area contributed by atoms with Gasteiger partial charge in [-0.1, -0.05) is 0 Å². The van der Waals surface area contributed by atoms with Crippen molar-refractivity contribution in [1.82, 2.24) is 14.7 Å². The molecule has 0 radical (unpaired) electrons. The smallest absolute Gasteiger partial charge is 0.150 e. The van der Waals surface area contributed by atoms with Crippen LogP contribution in [0, 0.1) is 0 Å². The molecule has 3 heterocycles. The SMILES string of the molecule is CNc1nc([C@H]2CCCN2)cn2cccc12. The number of hydrogen-bond acceptors (Lipinski definition) is 3. The lowest BCUT2D eigenvalue weighted by molar-refractivity contribution is 0.624. The van der Waals surface area contributed by atoms with Gasteiger partial charge in [0.05, 0.1) is 17.3 Å². The summed E-state index contributed by atoms with van der Waals surface area (Å²) < 4.78 is 2.13. The molecule has 1 saturated heterocycles. The first kappa shape index (κ1) is 9.66. The normalized spacial score (nSPS) is 20.4. The van der Waals surface area contributed by atoms with Crippen LogP contribution in [-0.2, 0) is 0 Å². The number of hydrogen-bond donors (Lipinski definition) is 2. The third kappa shape index (κ3) is 1.46. The second-order valence-corrected chi connectivity index (χ2v) is 4.21. The highest BCUT2D eigenvalue weighted by atomic mass is 15.1. The van der Waals surface area contributed by atoms with Crippen molar-refractivity contribution in [1.29, 1.82) is 0 Å². The zero-order valence-corrected chi connectivity index (χ0v) is 9.40. The Labute approximate surface area is 94.7 Å². The molecule has 1 fully saturated rings. The number of aromatic nitrogens is 2. The van der Waals surface area contributed by atoms with Crippen molar-refractivity contribution in [2.75, 3.05) is 18.9 Å². The van der Waals surface area contributed by atoms with E-state index in [4.69, 9.17) is 0 Å². The third-order valence-corrected chi connectivity index (χ3v) is 3.19. The van der Waals surface area contributed by atoms with Gasteiger partial charge in [-0.15, -0.1) is 0 Å². The number of anilines is 1. The van der Waals surface area contributed by atoms with Gasteiger partial charge in [0.1, 0.15) is 5.82 Å². The first-order chi connectivity index (χ1) is 7.88. The summed E-state index contributed by atoms with van der Waals surface area (Å²) in [7, 11) is 1.92. The van der Waals surface area contributed by atoms with Gasteiger partial charge in [-0.3, -0.25) is 0 Å². The van der Waals surface area contributed by atoms with Crippen molar-refractivity contribution in [2.24, 2.45) is 0 Å². The van der Waals surface area contributed by atoms with E-state index in [1.807, 2.05) is 13.1 Å². The second kappa shape index (κ2) is 3.79. The minimum absolute atomic E-state index is 0.416. The largest absolute Gasteiger partial charge is 0.371 e. The molecular weight excluding hydrogens is 200 g/mol. The second-order valence-electron chi connectivity index (χ2n) is 4.21. The maximum Gasteiger partial charge on any atom is 0.150 e. The molecule has 0 aliphatic carbocycles. The number of nitrogens with zero attached hydrogens (tertiary/aromatic N) is 2. The zero-order valence-electron chi connectivity index (χ0n) is 9.40. The molecule has 1 aliphatic heterocycles. The first-order valence-corrected chi connectivity index (χ1v) is 5.77. The monoisotopic (exact) mass is 216 g/mol. The highest BCUT2D eigenvalue weighted by molar-refractivity contribution is 5.68. The standard InChI is InChI=1S/C12H16N4/c1-13-12-11-5-3-7-16(11)8-10(15-12)9-4-2-6-14-9/h3,5,7-9,14H,2,4,6H2,1H3,(H,13,15)/t9-/m1/s1. The lowest BCUT2D eigenvalue weighted by Gasteiger charge is -2.12. The van der Waals surface area contributed by atoms with Crippen LogP contribution in [0.4, 0.5) is 5.82 Å². The number of rotatable bonds is 2. The Morgan fingerprint density at radius 3 is 3.25 bits per heavy atom. The highest BCUT2D eigenvalue weighted by Gasteiger charge is 2.18. The number of fused-ring (bicyclic) bond motifs is 1. The van der Waals surface area contributed by atoms with Crippen LogP contribution in [0.1, 0.15) is 24.6 Å². The summed E-state index contributed by atoms with van der Waals surface area (Å²) in [6.45, 7) is 1.10. The number of nitrogens with one attached hydrogen (secondary N) is 2. The maximum absolute atomic E-state index is 4.68. The van der Waals surface area contributed by atoms with Gasteiger partial charge in [0.25, 0.3) is 0 Å². The molecule has 16 heavy (non-hydrogen) atoms. The summed E-state index contributed by atoms with van der Waals surface area (Å²) in [5, 5.41) is 6.64. The van der Waals surface area contributed by atoms with Crippen LogP contribution in [-0.4, -0.2) is 23.0 Å². The summed E-state index contributed by atoms with van der Waals surface area (Å²) in [4.78, 5) is 4.68. The molecule has 0 amide bonds. The highest BCUT2D eigenvalue weighted by Crippen LogP contribution is 2.24. The summed E-state index contributed by atoms with van der Waals surface area (Å²) in [6, 6.07) is 4.54. The van der Waals surface area contributed by atoms with Crippen molar-refractivity contribution in [3.8, 4) is 0 Å². The molecule has 2 N–H and O–H groups in total. The van der Waals surface area contributed by atoms with E-state index in [1.165, 1.54) is 12.8 Å². The molecule has 0 saturated carbocycles. The van der Waals surface area contributed by atoms with Crippen molar-refractivity contribution in [3.05, 3.63) is 30.2 Å².